The smallest absolute Gasteiger partial charge is 0.129 e. The third-order valence-corrected chi connectivity index (χ3v) is 5.31. The molecule has 3 heterocycles. The Labute approximate surface area is 164 Å². The molecular weight excluding hydrogens is 360 g/mol. The van der Waals surface area contributed by atoms with Crippen molar-refractivity contribution in [2.24, 2.45) is 4.99 Å². The lowest BCUT2D eigenvalue weighted by Crippen LogP contribution is -2.41. The SMILES string of the molecule is CC1N=c2cnc(Cl)cc2=CN1c1ccc(OCCCN2CCCC2)cc1. The number of hydrogen-bond acceptors (Lipinski definition) is 5. The summed E-state index contributed by atoms with van der Waals surface area (Å²) < 4.78 is 5.90. The summed E-state index contributed by atoms with van der Waals surface area (Å²) in [7, 11) is 0. The van der Waals surface area contributed by atoms with Crippen LogP contribution < -0.4 is 20.2 Å². The van der Waals surface area contributed by atoms with Crippen LogP contribution in [0.2, 0.25) is 5.15 Å². The topological polar surface area (TPSA) is 41.0 Å². The van der Waals surface area contributed by atoms with Crippen LogP contribution in [-0.2, 0) is 0 Å². The summed E-state index contributed by atoms with van der Waals surface area (Å²) in [6.45, 7) is 6.45. The van der Waals surface area contributed by atoms with E-state index in [9.17, 15) is 0 Å². The molecule has 1 atom stereocenters. The monoisotopic (exact) mass is 384 g/mol. The van der Waals surface area contributed by atoms with Crippen LogP contribution >= 0.6 is 11.6 Å². The highest BCUT2D eigenvalue weighted by Crippen LogP contribution is 2.23. The fourth-order valence-corrected chi connectivity index (χ4v) is 3.82. The number of ether oxygens (including phenoxy) is 1. The van der Waals surface area contributed by atoms with Crippen LogP contribution in [0.15, 0.2) is 41.5 Å². The number of likely N-dealkylation sites (tertiary alicyclic amines) is 1. The van der Waals surface area contributed by atoms with Gasteiger partial charge in [0.2, 0.25) is 0 Å². The van der Waals surface area contributed by atoms with E-state index in [1.807, 2.05) is 18.2 Å². The normalized spacial score (nSPS) is 19.3. The molecule has 0 spiro atoms. The first-order valence-corrected chi connectivity index (χ1v) is 10.0. The van der Waals surface area contributed by atoms with Crippen molar-refractivity contribution in [1.29, 1.82) is 0 Å². The minimum absolute atomic E-state index is 0.00713. The van der Waals surface area contributed by atoms with E-state index in [-0.39, 0.29) is 6.17 Å². The van der Waals surface area contributed by atoms with E-state index < -0.39 is 0 Å². The predicted molar refractivity (Wildman–Crippen MR) is 109 cm³/mol. The van der Waals surface area contributed by atoms with E-state index in [1.165, 1.54) is 25.9 Å². The Hall–Kier alpha value is -2.11. The van der Waals surface area contributed by atoms with E-state index in [0.717, 1.165) is 41.6 Å². The summed E-state index contributed by atoms with van der Waals surface area (Å²) in [5.41, 5.74) is 1.08. The molecule has 4 rings (SSSR count). The third kappa shape index (κ3) is 4.42. The van der Waals surface area contributed by atoms with E-state index >= 15 is 0 Å². The average molecular weight is 385 g/mol. The van der Waals surface area contributed by atoms with Crippen molar-refractivity contribution in [2.75, 3.05) is 31.1 Å². The Balaban J connectivity index is 1.38. The van der Waals surface area contributed by atoms with E-state index in [2.05, 4.69) is 40.0 Å². The summed E-state index contributed by atoms with van der Waals surface area (Å²) in [4.78, 5) is 13.5. The highest BCUT2D eigenvalue weighted by molar-refractivity contribution is 6.29. The number of fused-ring (bicyclic) bond motifs is 1. The van der Waals surface area contributed by atoms with E-state index in [1.54, 1.807) is 6.20 Å². The molecule has 0 radical (unpaired) electrons. The number of halogens is 1. The molecule has 2 aromatic rings. The molecule has 1 unspecified atom stereocenters. The van der Waals surface area contributed by atoms with Crippen LogP contribution in [-0.4, -0.2) is 42.3 Å². The minimum Gasteiger partial charge on any atom is -0.494 e. The second-order valence-corrected chi connectivity index (χ2v) is 7.50. The van der Waals surface area contributed by atoms with Crippen LogP contribution in [0.4, 0.5) is 5.69 Å². The first-order valence-electron chi connectivity index (χ1n) is 9.64. The van der Waals surface area contributed by atoms with E-state index in [0.29, 0.717) is 5.15 Å². The Morgan fingerprint density at radius 1 is 1.19 bits per heavy atom. The Morgan fingerprint density at radius 3 is 2.74 bits per heavy atom. The zero-order valence-corrected chi connectivity index (χ0v) is 16.4. The number of aromatic nitrogens is 1. The van der Waals surface area contributed by atoms with Gasteiger partial charge in [-0.15, -0.1) is 0 Å². The number of anilines is 1. The molecule has 1 saturated heterocycles. The van der Waals surface area contributed by atoms with Crippen molar-refractivity contribution >= 4 is 23.5 Å². The molecule has 0 bridgehead atoms. The minimum atomic E-state index is 0.00713. The molecule has 142 valence electrons. The van der Waals surface area contributed by atoms with Gasteiger partial charge in [-0.2, -0.15) is 0 Å². The maximum absolute atomic E-state index is 6.02. The summed E-state index contributed by atoms with van der Waals surface area (Å²) in [5, 5.41) is 2.34. The van der Waals surface area contributed by atoms with Crippen molar-refractivity contribution in [2.45, 2.75) is 32.4 Å². The van der Waals surface area contributed by atoms with Crippen molar-refractivity contribution in [3.8, 4) is 5.75 Å². The molecule has 6 heteroatoms. The van der Waals surface area contributed by atoms with Gasteiger partial charge in [0.15, 0.2) is 0 Å². The fourth-order valence-electron chi connectivity index (χ4n) is 3.66. The molecule has 5 nitrogen and oxygen atoms in total. The van der Waals surface area contributed by atoms with Gasteiger partial charge in [-0.3, -0.25) is 4.99 Å². The highest BCUT2D eigenvalue weighted by atomic mass is 35.5. The Morgan fingerprint density at radius 2 is 1.96 bits per heavy atom. The second-order valence-electron chi connectivity index (χ2n) is 7.11. The largest absolute Gasteiger partial charge is 0.494 e. The molecule has 0 saturated carbocycles. The highest BCUT2D eigenvalue weighted by Gasteiger charge is 2.15. The van der Waals surface area contributed by atoms with Crippen molar-refractivity contribution in [3.05, 3.63) is 52.3 Å². The van der Waals surface area contributed by atoms with Crippen LogP contribution in [0.25, 0.3) is 6.20 Å². The molecule has 1 aromatic carbocycles. The average Bonchev–Trinajstić information content (AvgIpc) is 3.19. The number of nitrogens with zero attached hydrogens (tertiary/aromatic N) is 4. The van der Waals surface area contributed by atoms with Crippen LogP contribution in [0.1, 0.15) is 26.2 Å². The summed E-state index contributed by atoms with van der Waals surface area (Å²) in [5.74, 6) is 0.911. The molecule has 0 amide bonds. The Bertz CT molecular complexity index is 893. The third-order valence-electron chi connectivity index (χ3n) is 5.11. The van der Waals surface area contributed by atoms with Gasteiger partial charge in [-0.25, -0.2) is 4.98 Å². The molecule has 27 heavy (non-hydrogen) atoms. The first kappa shape index (κ1) is 18.3. The lowest BCUT2D eigenvalue weighted by Gasteiger charge is -2.27. The lowest BCUT2D eigenvalue weighted by molar-refractivity contribution is 0.263. The number of rotatable bonds is 6. The molecule has 2 aliphatic heterocycles. The fraction of sp³-hybridized carbons (Fsp3) is 0.429. The zero-order chi connectivity index (χ0) is 18.6. The van der Waals surface area contributed by atoms with Gasteiger partial charge in [0, 0.05) is 23.7 Å². The van der Waals surface area contributed by atoms with Gasteiger partial charge in [-0.05, 0) is 69.6 Å². The molecule has 1 fully saturated rings. The van der Waals surface area contributed by atoms with Gasteiger partial charge in [0.25, 0.3) is 0 Å². The molecule has 1 aromatic heterocycles. The molecule has 2 aliphatic rings. The van der Waals surface area contributed by atoms with Gasteiger partial charge in [0.1, 0.15) is 17.1 Å². The van der Waals surface area contributed by atoms with Gasteiger partial charge >= 0.3 is 0 Å². The maximum atomic E-state index is 6.02. The van der Waals surface area contributed by atoms with Gasteiger partial charge < -0.3 is 14.5 Å². The van der Waals surface area contributed by atoms with Crippen LogP contribution in [0, 0.1) is 0 Å². The van der Waals surface area contributed by atoms with Crippen LogP contribution in [0.5, 0.6) is 5.75 Å². The first-order chi connectivity index (χ1) is 13.2. The number of hydrogen-bond donors (Lipinski definition) is 0. The zero-order valence-electron chi connectivity index (χ0n) is 15.6. The molecular formula is C21H25ClN4O. The quantitative estimate of drug-likeness (QED) is 0.567. The van der Waals surface area contributed by atoms with Gasteiger partial charge in [0.05, 0.1) is 18.2 Å². The van der Waals surface area contributed by atoms with Gasteiger partial charge in [-0.1, -0.05) is 11.6 Å². The maximum Gasteiger partial charge on any atom is 0.129 e. The molecule has 0 N–H and O–H groups in total. The van der Waals surface area contributed by atoms with Crippen LogP contribution in [0.3, 0.4) is 0 Å². The van der Waals surface area contributed by atoms with E-state index in [4.69, 9.17) is 21.3 Å². The van der Waals surface area contributed by atoms with Crippen molar-refractivity contribution in [1.82, 2.24) is 9.88 Å². The van der Waals surface area contributed by atoms with Crippen molar-refractivity contribution < 1.29 is 4.74 Å². The Kier molecular flexibility index (Phi) is 5.60. The summed E-state index contributed by atoms with van der Waals surface area (Å²) in [6, 6.07) is 10.1. The standard InChI is InChI=1S/C21H25ClN4O/c1-16-24-20-14-23-21(22)13-17(20)15-26(16)18-5-7-19(8-6-18)27-12-4-11-25-9-2-3-10-25/h5-8,13-16H,2-4,9-12H2,1H3. The lowest BCUT2D eigenvalue weighted by atomic mass is 10.2. The molecule has 0 aliphatic carbocycles. The predicted octanol–water partition coefficient (Wildman–Crippen LogP) is 2.82. The summed E-state index contributed by atoms with van der Waals surface area (Å²) >= 11 is 6.02. The summed E-state index contributed by atoms with van der Waals surface area (Å²) in [6.07, 6.45) is 7.56. The van der Waals surface area contributed by atoms with Crippen molar-refractivity contribution in [3.63, 3.8) is 0 Å². The number of pyridine rings is 1. The second kappa shape index (κ2) is 8.28. The number of benzene rings is 1.